The van der Waals surface area contributed by atoms with E-state index in [4.69, 9.17) is 0 Å². The zero-order chi connectivity index (χ0) is 11.1. The summed E-state index contributed by atoms with van der Waals surface area (Å²) in [6.45, 7) is 10.2. The second-order valence-electron chi connectivity index (χ2n) is 5.93. The average Bonchev–Trinajstić information content (AvgIpc) is 2.63. The average molecular weight is 223 g/mol. The van der Waals surface area contributed by atoms with E-state index >= 15 is 0 Å². The van der Waals surface area contributed by atoms with Crippen molar-refractivity contribution in [3.8, 4) is 0 Å². The second kappa shape index (κ2) is 3.60. The van der Waals surface area contributed by atoms with Gasteiger partial charge in [-0.25, -0.2) is 0 Å². The van der Waals surface area contributed by atoms with Gasteiger partial charge in [-0.15, -0.1) is 11.3 Å². The normalized spacial score (nSPS) is 30.5. The van der Waals surface area contributed by atoms with Crippen molar-refractivity contribution < 1.29 is 0 Å². The quantitative estimate of drug-likeness (QED) is 0.828. The highest BCUT2D eigenvalue weighted by Gasteiger charge is 2.51. The SMILES string of the molecule is CC(C)(C)NCC1CC1(C)c1cccs1. The fourth-order valence-corrected chi connectivity index (χ4v) is 3.07. The molecule has 1 aromatic rings. The van der Waals surface area contributed by atoms with Gasteiger partial charge in [-0.1, -0.05) is 13.0 Å². The van der Waals surface area contributed by atoms with Crippen LogP contribution in [0.2, 0.25) is 0 Å². The van der Waals surface area contributed by atoms with Crippen molar-refractivity contribution in [1.82, 2.24) is 5.32 Å². The van der Waals surface area contributed by atoms with Gasteiger partial charge in [-0.3, -0.25) is 0 Å². The smallest absolute Gasteiger partial charge is 0.0108 e. The molecular weight excluding hydrogens is 202 g/mol. The molecule has 0 radical (unpaired) electrons. The van der Waals surface area contributed by atoms with Crippen LogP contribution in [0.25, 0.3) is 0 Å². The molecule has 1 aliphatic carbocycles. The fraction of sp³-hybridized carbons (Fsp3) is 0.692. The first-order valence-corrected chi connectivity index (χ1v) is 6.59. The van der Waals surface area contributed by atoms with E-state index < -0.39 is 0 Å². The Morgan fingerprint density at radius 3 is 2.80 bits per heavy atom. The minimum absolute atomic E-state index is 0.249. The topological polar surface area (TPSA) is 12.0 Å². The van der Waals surface area contributed by atoms with Crippen LogP contribution in [0.3, 0.4) is 0 Å². The van der Waals surface area contributed by atoms with Gasteiger partial charge in [0.1, 0.15) is 0 Å². The Labute approximate surface area is 96.9 Å². The Morgan fingerprint density at radius 2 is 2.27 bits per heavy atom. The maximum Gasteiger partial charge on any atom is 0.0108 e. The molecule has 1 N–H and O–H groups in total. The fourth-order valence-electron chi connectivity index (χ4n) is 2.09. The maximum absolute atomic E-state index is 3.61. The van der Waals surface area contributed by atoms with Gasteiger partial charge in [0.25, 0.3) is 0 Å². The third-order valence-electron chi connectivity index (χ3n) is 3.37. The van der Waals surface area contributed by atoms with Crippen LogP contribution in [0.1, 0.15) is 39.0 Å². The lowest BCUT2D eigenvalue weighted by Crippen LogP contribution is -2.37. The van der Waals surface area contributed by atoms with E-state index in [0.717, 1.165) is 12.5 Å². The summed E-state index contributed by atoms with van der Waals surface area (Å²) in [6, 6.07) is 4.44. The van der Waals surface area contributed by atoms with Crippen molar-refractivity contribution in [2.45, 2.75) is 45.1 Å². The van der Waals surface area contributed by atoms with Crippen LogP contribution in [-0.2, 0) is 5.41 Å². The minimum Gasteiger partial charge on any atom is -0.312 e. The third-order valence-corrected chi connectivity index (χ3v) is 4.52. The molecule has 1 aromatic heterocycles. The molecule has 0 saturated heterocycles. The molecule has 84 valence electrons. The lowest BCUT2D eigenvalue weighted by atomic mass is 10.0. The Bertz CT molecular complexity index is 323. The molecule has 0 aliphatic heterocycles. The van der Waals surface area contributed by atoms with Crippen LogP contribution in [0.5, 0.6) is 0 Å². The molecule has 0 aromatic carbocycles. The zero-order valence-corrected chi connectivity index (χ0v) is 10.9. The minimum atomic E-state index is 0.249. The van der Waals surface area contributed by atoms with Gasteiger partial charge < -0.3 is 5.32 Å². The molecule has 1 aliphatic rings. The van der Waals surface area contributed by atoms with E-state index in [1.807, 2.05) is 11.3 Å². The number of rotatable bonds is 3. The predicted octanol–water partition coefficient (Wildman–Crippen LogP) is 3.41. The molecular formula is C13H21NS. The van der Waals surface area contributed by atoms with Crippen molar-refractivity contribution in [3.63, 3.8) is 0 Å². The van der Waals surface area contributed by atoms with E-state index in [-0.39, 0.29) is 5.54 Å². The molecule has 1 heterocycles. The van der Waals surface area contributed by atoms with Crippen LogP contribution in [-0.4, -0.2) is 12.1 Å². The van der Waals surface area contributed by atoms with E-state index in [1.165, 1.54) is 6.42 Å². The summed E-state index contributed by atoms with van der Waals surface area (Å²) in [4.78, 5) is 1.56. The third kappa shape index (κ3) is 2.43. The first-order chi connectivity index (χ1) is 6.92. The molecule has 2 unspecified atom stereocenters. The molecule has 1 saturated carbocycles. The molecule has 0 amide bonds. The van der Waals surface area contributed by atoms with Crippen molar-refractivity contribution >= 4 is 11.3 Å². The highest BCUT2D eigenvalue weighted by molar-refractivity contribution is 7.10. The lowest BCUT2D eigenvalue weighted by Gasteiger charge is -2.21. The van der Waals surface area contributed by atoms with E-state index in [2.05, 4.69) is 50.5 Å². The van der Waals surface area contributed by atoms with Crippen molar-refractivity contribution in [3.05, 3.63) is 22.4 Å². The van der Waals surface area contributed by atoms with Gasteiger partial charge in [0, 0.05) is 15.8 Å². The number of hydrogen-bond acceptors (Lipinski definition) is 2. The number of thiophene rings is 1. The summed E-state index contributed by atoms with van der Waals surface area (Å²) < 4.78 is 0. The molecule has 15 heavy (non-hydrogen) atoms. The molecule has 2 heteroatoms. The number of hydrogen-bond donors (Lipinski definition) is 1. The first kappa shape index (κ1) is 11.2. The highest BCUT2D eigenvalue weighted by Crippen LogP contribution is 2.54. The number of nitrogens with one attached hydrogen (secondary N) is 1. The molecule has 0 bridgehead atoms. The summed E-state index contributed by atoms with van der Waals surface area (Å²) in [5.74, 6) is 0.829. The molecule has 0 spiro atoms. The summed E-state index contributed by atoms with van der Waals surface area (Å²) in [7, 11) is 0. The van der Waals surface area contributed by atoms with Crippen molar-refractivity contribution in [1.29, 1.82) is 0 Å². The van der Waals surface area contributed by atoms with E-state index in [1.54, 1.807) is 4.88 Å². The van der Waals surface area contributed by atoms with Crippen LogP contribution in [0.15, 0.2) is 17.5 Å². The first-order valence-electron chi connectivity index (χ1n) is 5.71. The Kier molecular flexibility index (Phi) is 2.68. The predicted molar refractivity (Wildman–Crippen MR) is 67.5 cm³/mol. The maximum atomic E-state index is 3.61. The largest absolute Gasteiger partial charge is 0.312 e. The van der Waals surface area contributed by atoms with Gasteiger partial charge >= 0.3 is 0 Å². The van der Waals surface area contributed by atoms with Gasteiger partial charge in [0.15, 0.2) is 0 Å². The zero-order valence-electron chi connectivity index (χ0n) is 10.1. The summed E-state index contributed by atoms with van der Waals surface area (Å²) in [6.07, 6.45) is 1.34. The molecule has 1 nitrogen and oxygen atoms in total. The molecule has 2 rings (SSSR count). The van der Waals surface area contributed by atoms with Crippen LogP contribution >= 0.6 is 11.3 Å². The standard InChI is InChI=1S/C13H21NS/c1-12(2,3)14-9-10-8-13(10,4)11-6-5-7-15-11/h5-7,10,14H,8-9H2,1-4H3. The van der Waals surface area contributed by atoms with E-state index in [0.29, 0.717) is 5.41 Å². The summed E-state index contributed by atoms with van der Waals surface area (Å²) in [5.41, 5.74) is 0.714. The van der Waals surface area contributed by atoms with Gasteiger partial charge in [-0.05, 0) is 51.1 Å². The highest BCUT2D eigenvalue weighted by atomic mass is 32.1. The second-order valence-corrected chi connectivity index (χ2v) is 6.87. The Balaban J connectivity index is 1.90. The van der Waals surface area contributed by atoms with Crippen LogP contribution in [0, 0.1) is 5.92 Å². The van der Waals surface area contributed by atoms with E-state index in [9.17, 15) is 0 Å². The van der Waals surface area contributed by atoms with Crippen LogP contribution < -0.4 is 5.32 Å². The van der Waals surface area contributed by atoms with Crippen molar-refractivity contribution in [2.75, 3.05) is 6.54 Å². The summed E-state index contributed by atoms with van der Waals surface area (Å²) in [5, 5.41) is 5.79. The van der Waals surface area contributed by atoms with Gasteiger partial charge in [-0.2, -0.15) is 0 Å². The van der Waals surface area contributed by atoms with Gasteiger partial charge in [0.2, 0.25) is 0 Å². The molecule has 2 atom stereocenters. The Hall–Kier alpha value is -0.340. The van der Waals surface area contributed by atoms with Gasteiger partial charge in [0.05, 0.1) is 0 Å². The van der Waals surface area contributed by atoms with Crippen molar-refractivity contribution in [2.24, 2.45) is 5.92 Å². The van der Waals surface area contributed by atoms with Crippen LogP contribution in [0.4, 0.5) is 0 Å². The molecule has 1 fully saturated rings. The monoisotopic (exact) mass is 223 g/mol. The summed E-state index contributed by atoms with van der Waals surface area (Å²) >= 11 is 1.90. The lowest BCUT2D eigenvalue weighted by molar-refractivity contribution is 0.407. The Morgan fingerprint density at radius 1 is 1.53 bits per heavy atom.